The van der Waals surface area contributed by atoms with E-state index in [1.165, 1.54) is 16.7 Å². The van der Waals surface area contributed by atoms with Gasteiger partial charge in [0.25, 0.3) is 5.69 Å². The van der Waals surface area contributed by atoms with Gasteiger partial charge in [-0.25, -0.2) is 4.79 Å². The number of aromatic nitrogens is 1. The van der Waals surface area contributed by atoms with E-state index in [9.17, 15) is 20.0 Å². The van der Waals surface area contributed by atoms with Gasteiger partial charge in [0.2, 0.25) is 0 Å². The molecule has 7 heteroatoms. The van der Waals surface area contributed by atoms with Crippen molar-refractivity contribution in [1.29, 1.82) is 0 Å². The Morgan fingerprint density at radius 2 is 1.87 bits per heavy atom. The third-order valence-electron chi connectivity index (χ3n) is 3.73. The van der Waals surface area contributed by atoms with Gasteiger partial charge in [-0.05, 0) is 23.8 Å². The highest BCUT2D eigenvalue weighted by Gasteiger charge is 2.23. The van der Waals surface area contributed by atoms with Crippen LogP contribution in [-0.4, -0.2) is 20.6 Å². The van der Waals surface area contributed by atoms with E-state index in [4.69, 9.17) is 11.6 Å². The topological polar surface area (TPSA) is 85.4 Å². The Kier molecular flexibility index (Phi) is 3.54. The first-order chi connectivity index (χ1) is 10.9. The molecule has 23 heavy (non-hydrogen) atoms. The number of hydrogen-bond donors (Lipinski definition) is 1. The van der Waals surface area contributed by atoms with Crippen molar-refractivity contribution in [3.8, 4) is 11.1 Å². The van der Waals surface area contributed by atoms with E-state index in [0.717, 1.165) is 0 Å². The minimum absolute atomic E-state index is 0.0721. The standard InChI is InChI=1S/C16H11ClN2O4/c1-18-13-7-6-11(19(22)23)8-12(13)14(15(18)16(20)21)9-2-4-10(17)5-3-9/h2-8H,1H3,(H,20,21). The predicted molar refractivity (Wildman–Crippen MR) is 87.0 cm³/mol. The van der Waals surface area contributed by atoms with Crippen molar-refractivity contribution in [2.75, 3.05) is 0 Å². The van der Waals surface area contributed by atoms with E-state index in [1.54, 1.807) is 37.4 Å². The van der Waals surface area contributed by atoms with Crippen LogP contribution in [0.15, 0.2) is 42.5 Å². The number of carbonyl (C=O) groups is 1. The minimum atomic E-state index is -1.10. The highest BCUT2D eigenvalue weighted by molar-refractivity contribution is 6.30. The third-order valence-corrected chi connectivity index (χ3v) is 3.98. The molecule has 0 saturated heterocycles. The molecule has 0 amide bonds. The number of non-ortho nitro benzene ring substituents is 1. The fourth-order valence-corrected chi connectivity index (χ4v) is 2.83. The lowest BCUT2D eigenvalue weighted by Gasteiger charge is -2.04. The average molecular weight is 331 g/mol. The summed E-state index contributed by atoms with van der Waals surface area (Å²) in [5, 5.41) is 21.6. The van der Waals surface area contributed by atoms with Crippen LogP contribution in [-0.2, 0) is 7.05 Å². The molecule has 116 valence electrons. The van der Waals surface area contributed by atoms with Gasteiger partial charge >= 0.3 is 5.97 Å². The van der Waals surface area contributed by atoms with Crippen LogP contribution in [0.25, 0.3) is 22.0 Å². The maximum atomic E-state index is 11.7. The smallest absolute Gasteiger partial charge is 0.353 e. The summed E-state index contributed by atoms with van der Waals surface area (Å²) in [6, 6.07) is 11.0. The van der Waals surface area contributed by atoms with E-state index in [-0.39, 0.29) is 11.4 Å². The number of carboxylic acid groups (broad SMARTS) is 1. The van der Waals surface area contributed by atoms with Crippen LogP contribution in [0.4, 0.5) is 5.69 Å². The largest absolute Gasteiger partial charge is 0.477 e. The number of rotatable bonds is 3. The van der Waals surface area contributed by atoms with E-state index in [2.05, 4.69) is 0 Å². The lowest BCUT2D eigenvalue weighted by Crippen LogP contribution is -2.05. The van der Waals surface area contributed by atoms with Crippen molar-refractivity contribution >= 4 is 34.2 Å². The van der Waals surface area contributed by atoms with Gasteiger partial charge in [-0.15, -0.1) is 0 Å². The normalized spacial score (nSPS) is 10.9. The molecule has 3 rings (SSSR count). The quantitative estimate of drug-likeness (QED) is 0.578. The first kappa shape index (κ1) is 15.1. The first-order valence-corrected chi connectivity index (χ1v) is 7.04. The number of nitro benzene ring substituents is 1. The van der Waals surface area contributed by atoms with Crippen LogP contribution in [0, 0.1) is 10.1 Å². The summed E-state index contributed by atoms with van der Waals surface area (Å²) in [6.07, 6.45) is 0. The fourth-order valence-electron chi connectivity index (χ4n) is 2.71. The number of carboxylic acids is 1. The van der Waals surface area contributed by atoms with E-state index in [1.807, 2.05) is 0 Å². The molecular formula is C16H11ClN2O4. The Hall–Kier alpha value is -2.86. The van der Waals surface area contributed by atoms with Gasteiger partial charge in [0.15, 0.2) is 0 Å². The van der Waals surface area contributed by atoms with Crippen molar-refractivity contribution in [3.63, 3.8) is 0 Å². The zero-order valence-electron chi connectivity index (χ0n) is 12.0. The maximum Gasteiger partial charge on any atom is 0.353 e. The fraction of sp³-hybridized carbons (Fsp3) is 0.0625. The van der Waals surface area contributed by atoms with Crippen LogP contribution >= 0.6 is 11.6 Å². The first-order valence-electron chi connectivity index (χ1n) is 6.66. The number of hydrogen-bond acceptors (Lipinski definition) is 3. The molecule has 0 atom stereocenters. The number of aryl methyl sites for hydroxylation is 1. The van der Waals surface area contributed by atoms with Crippen LogP contribution in [0.5, 0.6) is 0 Å². The molecule has 0 fully saturated rings. The van der Waals surface area contributed by atoms with Crippen molar-refractivity contribution in [2.45, 2.75) is 0 Å². The molecule has 0 radical (unpaired) electrons. The number of benzene rings is 2. The number of aromatic carboxylic acids is 1. The SMILES string of the molecule is Cn1c(C(=O)O)c(-c2ccc(Cl)cc2)c2cc([N+](=O)[O-])ccc21. The highest BCUT2D eigenvalue weighted by atomic mass is 35.5. The summed E-state index contributed by atoms with van der Waals surface area (Å²) in [4.78, 5) is 22.2. The number of halogens is 1. The van der Waals surface area contributed by atoms with Gasteiger partial charge in [-0.2, -0.15) is 0 Å². The van der Waals surface area contributed by atoms with Crippen LogP contribution < -0.4 is 0 Å². The van der Waals surface area contributed by atoms with E-state index >= 15 is 0 Å². The molecule has 0 aliphatic carbocycles. The lowest BCUT2D eigenvalue weighted by molar-refractivity contribution is -0.384. The van der Waals surface area contributed by atoms with Gasteiger partial charge in [-0.3, -0.25) is 10.1 Å². The zero-order valence-corrected chi connectivity index (χ0v) is 12.7. The Labute approximate surface area is 135 Å². The predicted octanol–water partition coefficient (Wildman–Crippen LogP) is 4.11. The van der Waals surface area contributed by atoms with Gasteiger partial charge < -0.3 is 9.67 Å². The maximum absolute atomic E-state index is 11.7. The summed E-state index contributed by atoms with van der Waals surface area (Å²) in [5.74, 6) is -1.10. The van der Waals surface area contributed by atoms with Crippen LogP contribution in [0.2, 0.25) is 5.02 Å². The average Bonchev–Trinajstić information content (AvgIpc) is 2.81. The molecule has 0 bridgehead atoms. The Morgan fingerprint density at radius 1 is 1.22 bits per heavy atom. The summed E-state index contributed by atoms with van der Waals surface area (Å²) < 4.78 is 1.52. The summed E-state index contributed by atoms with van der Waals surface area (Å²) in [7, 11) is 1.62. The minimum Gasteiger partial charge on any atom is -0.477 e. The summed E-state index contributed by atoms with van der Waals surface area (Å²) >= 11 is 5.88. The van der Waals surface area contributed by atoms with Gasteiger partial charge in [0.05, 0.1) is 4.92 Å². The summed E-state index contributed by atoms with van der Waals surface area (Å²) in [6.45, 7) is 0. The Bertz CT molecular complexity index is 945. The lowest BCUT2D eigenvalue weighted by atomic mass is 10.0. The molecule has 0 saturated carbocycles. The Balaban J connectivity index is 2.42. The molecular weight excluding hydrogens is 320 g/mol. The highest BCUT2D eigenvalue weighted by Crippen LogP contribution is 2.36. The van der Waals surface area contributed by atoms with E-state index in [0.29, 0.717) is 27.1 Å². The number of fused-ring (bicyclic) bond motifs is 1. The molecule has 0 aliphatic heterocycles. The van der Waals surface area contributed by atoms with Crippen molar-refractivity contribution in [3.05, 3.63) is 63.3 Å². The third kappa shape index (κ3) is 2.43. The second-order valence-electron chi connectivity index (χ2n) is 5.05. The second-order valence-corrected chi connectivity index (χ2v) is 5.49. The Morgan fingerprint density at radius 3 is 2.43 bits per heavy atom. The number of nitrogens with zero attached hydrogens (tertiary/aromatic N) is 2. The second kappa shape index (κ2) is 5.40. The van der Waals surface area contributed by atoms with Crippen molar-refractivity contribution < 1.29 is 14.8 Å². The summed E-state index contributed by atoms with van der Waals surface area (Å²) in [5.41, 5.74) is 1.67. The molecule has 2 aromatic carbocycles. The van der Waals surface area contributed by atoms with Gasteiger partial charge in [0, 0.05) is 40.7 Å². The van der Waals surface area contributed by atoms with Gasteiger partial charge in [0.1, 0.15) is 5.69 Å². The van der Waals surface area contributed by atoms with E-state index < -0.39 is 10.9 Å². The molecule has 0 aliphatic rings. The van der Waals surface area contributed by atoms with Gasteiger partial charge in [-0.1, -0.05) is 23.7 Å². The zero-order chi connectivity index (χ0) is 16.7. The molecule has 1 heterocycles. The molecule has 3 aromatic rings. The molecule has 1 N–H and O–H groups in total. The van der Waals surface area contributed by atoms with Crippen molar-refractivity contribution in [2.24, 2.45) is 7.05 Å². The molecule has 1 aromatic heterocycles. The molecule has 0 spiro atoms. The van der Waals surface area contributed by atoms with Crippen LogP contribution in [0.1, 0.15) is 10.5 Å². The molecule has 0 unspecified atom stereocenters. The molecule has 6 nitrogen and oxygen atoms in total. The monoisotopic (exact) mass is 330 g/mol. The van der Waals surface area contributed by atoms with Crippen LogP contribution in [0.3, 0.4) is 0 Å². The van der Waals surface area contributed by atoms with Crippen molar-refractivity contribution in [1.82, 2.24) is 4.57 Å². The number of nitro groups is 1.